The molecule has 0 spiro atoms. The Morgan fingerprint density at radius 2 is 1.80 bits per heavy atom. The molecule has 1 aromatic rings. The molecule has 1 rings (SSSR count). The van der Waals surface area contributed by atoms with Gasteiger partial charge >= 0.3 is 0 Å². The van der Waals surface area contributed by atoms with Gasteiger partial charge in [0.25, 0.3) is 0 Å². The van der Waals surface area contributed by atoms with E-state index in [1.54, 1.807) is 13.1 Å². The molecule has 0 radical (unpaired) electrons. The largest absolute Gasteiger partial charge is 0.490 e. The van der Waals surface area contributed by atoms with Crippen LogP contribution in [0.15, 0.2) is 24.3 Å². The van der Waals surface area contributed by atoms with E-state index in [1.165, 1.54) is 11.0 Å². The molecule has 138 valence electrons. The average Bonchev–Trinajstić information content (AvgIpc) is 2.54. The predicted molar refractivity (Wildman–Crippen MR) is 98.7 cm³/mol. The van der Waals surface area contributed by atoms with Gasteiger partial charge < -0.3 is 19.7 Å². The second-order valence-electron chi connectivity index (χ2n) is 5.82. The number of carbonyl (C=O) groups excluding carboxylic acids is 2. The fourth-order valence-corrected chi connectivity index (χ4v) is 2.13. The van der Waals surface area contributed by atoms with E-state index in [4.69, 9.17) is 9.47 Å². The third-order valence-corrected chi connectivity index (χ3v) is 3.19. The van der Waals surface area contributed by atoms with Crippen LogP contribution in [0.4, 0.5) is 0 Å². The minimum atomic E-state index is -0.245. The van der Waals surface area contributed by atoms with Crippen molar-refractivity contribution < 1.29 is 19.1 Å². The Labute approximate surface area is 149 Å². The molecule has 0 aliphatic heterocycles. The molecule has 1 aromatic carbocycles. The van der Waals surface area contributed by atoms with Crippen molar-refractivity contribution in [3.8, 4) is 11.5 Å². The molecule has 1 N–H and O–H groups in total. The lowest BCUT2D eigenvalue weighted by Crippen LogP contribution is -2.40. The van der Waals surface area contributed by atoms with E-state index in [1.807, 2.05) is 45.9 Å². The Kier molecular flexibility index (Phi) is 8.53. The third-order valence-electron chi connectivity index (χ3n) is 3.19. The molecule has 0 saturated carbocycles. The standard InChI is InChI=1S/C19H28N2O4/c1-6-24-16-10-8-15(12-17(16)25-7-2)9-11-19(23)21(5)13-18(22)20-14(3)4/h8-12,14H,6-7,13H2,1-5H3,(H,20,22)/b11-9+. The molecule has 6 heteroatoms. The first-order chi connectivity index (χ1) is 11.9. The molecule has 25 heavy (non-hydrogen) atoms. The van der Waals surface area contributed by atoms with Crippen molar-refractivity contribution in [3.05, 3.63) is 29.8 Å². The molecule has 0 saturated heterocycles. The first kappa shape index (κ1) is 20.5. The number of likely N-dealkylation sites (N-methyl/N-ethyl adjacent to an activating group) is 1. The van der Waals surface area contributed by atoms with Crippen LogP contribution >= 0.6 is 0 Å². The highest BCUT2D eigenvalue weighted by Crippen LogP contribution is 2.29. The van der Waals surface area contributed by atoms with Gasteiger partial charge in [0, 0.05) is 19.2 Å². The van der Waals surface area contributed by atoms with Gasteiger partial charge in [0.05, 0.1) is 19.8 Å². The number of nitrogens with one attached hydrogen (secondary N) is 1. The molecule has 6 nitrogen and oxygen atoms in total. The van der Waals surface area contributed by atoms with Crippen molar-refractivity contribution in [2.75, 3.05) is 26.8 Å². The lowest BCUT2D eigenvalue weighted by molar-refractivity contribution is -0.131. The lowest BCUT2D eigenvalue weighted by atomic mass is 10.2. The van der Waals surface area contributed by atoms with Crippen LogP contribution in [-0.2, 0) is 9.59 Å². The second-order valence-corrected chi connectivity index (χ2v) is 5.82. The Bertz CT molecular complexity index is 611. The quantitative estimate of drug-likeness (QED) is 0.696. The van der Waals surface area contributed by atoms with Gasteiger partial charge in [-0.15, -0.1) is 0 Å². The van der Waals surface area contributed by atoms with Gasteiger partial charge in [-0.1, -0.05) is 6.07 Å². The molecule has 0 bridgehead atoms. The van der Waals surface area contributed by atoms with Crippen LogP contribution in [-0.4, -0.2) is 49.6 Å². The Morgan fingerprint density at radius 1 is 1.16 bits per heavy atom. The summed E-state index contributed by atoms with van der Waals surface area (Å²) in [7, 11) is 1.59. The summed E-state index contributed by atoms with van der Waals surface area (Å²) in [5, 5.41) is 2.75. The van der Waals surface area contributed by atoms with E-state index in [-0.39, 0.29) is 24.4 Å². The highest BCUT2D eigenvalue weighted by molar-refractivity contribution is 5.94. The van der Waals surface area contributed by atoms with Crippen molar-refractivity contribution in [3.63, 3.8) is 0 Å². The summed E-state index contributed by atoms with van der Waals surface area (Å²) in [4.78, 5) is 25.2. The van der Waals surface area contributed by atoms with E-state index in [0.29, 0.717) is 24.7 Å². The monoisotopic (exact) mass is 348 g/mol. The van der Waals surface area contributed by atoms with Crippen molar-refractivity contribution in [2.45, 2.75) is 33.7 Å². The van der Waals surface area contributed by atoms with Gasteiger partial charge in [-0.25, -0.2) is 0 Å². The minimum absolute atomic E-state index is 0.0226. The normalized spacial score (nSPS) is 10.8. The van der Waals surface area contributed by atoms with Crippen LogP contribution in [0, 0.1) is 0 Å². The van der Waals surface area contributed by atoms with Gasteiger partial charge in [-0.05, 0) is 51.5 Å². The van der Waals surface area contributed by atoms with Gasteiger partial charge in [0.2, 0.25) is 11.8 Å². The number of carbonyl (C=O) groups is 2. The van der Waals surface area contributed by atoms with E-state index in [0.717, 1.165) is 5.56 Å². The molecule has 0 unspecified atom stereocenters. The third kappa shape index (κ3) is 7.28. The first-order valence-corrected chi connectivity index (χ1v) is 8.49. The summed E-state index contributed by atoms with van der Waals surface area (Å²) >= 11 is 0. The lowest BCUT2D eigenvalue weighted by Gasteiger charge is -2.16. The Hall–Kier alpha value is -2.50. The average molecular weight is 348 g/mol. The molecule has 0 fully saturated rings. The smallest absolute Gasteiger partial charge is 0.246 e. The molecule has 0 heterocycles. The summed E-state index contributed by atoms with van der Waals surface area (Å²) in [5.41, 5.74) is 0.820. The van der Waals surface area contributed by atoms with Crippen LogP contribution in [0.3, 0.4) is 0 Å². The topological polar surface area (TPSA) is 67.9 Å². The Morgan fingerprint density at radius 3 is 2.40 bits per heavy atom. The fraction of sp³-hybridized carbons (Fsp3) is 0.474. The molecule has 2 amide bonds. The molecule has 0 aliphatic carbocycles. The highest BCUT2D eigenvalue weighted by atomic mass is 16.5. The van der Waals surface area contributed by atoms with Crippen LogP contribution < -0.4 is 14.8 Å². The number of amides is 2. The molecular weight excluding hydrogens is 320 g/mol. The van der Waals surface area contributed by atoms with Gasteiger partial charge in [-0.3, -0.25) is 9.59 Å². The van der Waals surface area contributed by atoms with E-state index >= 15 is 0 Å². The number of hydrogen-bond acceptors (Lipinski definition) is 4. The summed E-state index contributed by atoms with van der Waals surface area (Å²) in [6, 6.07) is 5.54. The zero-order valence-electron chi connectivity index (χ0n) is 15.7. The maximum Gasteiger partial charge on any atom is 0.246 e. The zero-order chi connectivity index (χ0) is 18.8. The highest BCUT2D eigenvalue weighted by Gasteiger charge is 2.11. The summed E-state index contributed by atoms with van der Waals surface area (Å²) in [5.74, 6) is 0.892. The Balaban J connectivity index is 2.74. The zero-order valence-corrected chi connectivity index (χ0v) is 15.7. The SMILES string of the molecule is CCOc1ccc(/C=C/C(=O)N(C)CC(=O)NC(C)C)cc1OCC. The van der Waals surface area contributed by atoms with Crippen molar-refractivity contribution in [2.24, 2.45) is 0 Å². The van der Waals surface area contributed by atoms with Gasteiger partial charge in [-0.2, -0.15) is 0 Å². The predicted octanol–water partition coefficient (Wildman–Crippen LogP) is 2.48. The maximum atomic E-state index is 12.1. The molecule has 0 atom stereocenters. The maximum absolute atomic E-state index is 12.1. The van der Waals surface area contributed by atoms with Crippen LogP contribution in [0.1, 0.15) is 33.3 Å². The number of nitrogens with zero attached hydrogens (tertiary/aromatic N) is 1. The number of benzene rings is 1. The fourth-order valence-electron chi connectivity index (χ4n) is 2.13. The number of hydrogen-bond donors (Lipinski definition) is 1. The van der Waals surface area contributed by atoms with E-state index in [9.17, 15) is 9.59 Å². The number of ether oxygens (including phenoxy) is 2. The molecule has 0 aliphatic rings. The summed E-state index contributed by atoms with van der Waals surface area (Å²) in [6.07, 6.45) is 3.13. The summed E-state index contributed by atoms with van der Waals surface area (Å²) in [6.45, 7) is 8.67. The van der Waals surface area contributed by atoms with Gasteiger partial charge in [0.1, 0.15) is 0 Å². The van der Waals surface area contributed by atoms with Crippen LogP contribution in [0.5, 0.6) is 11.5 Å². The van der Waals surface area contributed by atoms with Crippen molar-refractivity contribution in [1.29, 1.82) is 0 Å². The minimum Gasteiger partial charge on any atom is -0.490 e. The summed E-state index contributed by atoms with van der Waals surface area (Å²) < 4.78 is 11.1. The molecular formula is C19H28N2O4. The van der Waals surface area contributed by atoms with E-state index in [2.05, 4.69) is 5.32 Å². The van der Waals surface area contributed by atoms with Crippen LogP contribution in [0.25, 0.3) is 6.08 Å². The van der Waals surface area contributed by atoms with Crippen LogP contribution in [0.2, 0.25) is 0 Å². The first-order valence-electron chi connectivity index (χ1n) is 8.49. The van der Waals surface area contributed by atoms with E-state index < -0.39 is 0 Å². The molecule has 0 aromatic heterocycles. The van der Waals surface area contributed by atoms with Crippen molar-refractivity contribution in [1.82, 2.24) is 10.2 Å². The van der Waals surface area contributed by atoms with Gasteiger partial charge in [0.15, 0.2) is 11.5 Å². The number of rotatable bonds is 9. The van der Waals surface area contributed by atoms with Crippen molar-refractivity contribution >= 4 is 17.9 Å². The second kappa shape index (κ2) is 10.4.